The zero-order valence-corrected chi connectivity index (χ0v) is 13.5. The fraction of sp³-hybridized carbons (Fsp3) is 0.0526. The number of hydrogen-bond donors (Lipinski definition) is 0. The topological polar surface area (TPSA) is 18.5 Å². The number of rotatable bonds is 5. The Bertz CT molecular complexity index is 741. The summed E-state index contributed by atoms with van der Waals surface area (Å²) in [5.41, 5.74) is 1.14. The van der Waals surface area contributed by atoms with Crippen LogP contribution in [0.4, 0.5) is 0 Å². The Labute approximate surface area is 138 Å². The lowest BCUT2D eigenvalue weighted by Gasteiger charge is -2.10. The second kappa shape index (κ2) is 7.14. The summed E-state index contributed by atoms with van der Waals surface area (Å²) in [5, 5.41) is 0. The highest BCUT2D eigenvalue weighted by Gasteiger charge is 2.03. The Hall–Kier alpha value is -2.26. The van der Waals surface area contributed by atoms with E-state index < -0.39 is 0 Å². The van der Waals surface area contributed by atoms with Crippen LogP contribution in [0.25, 0.3) is 0 Å². The normalized spacial score (nSPS) is 10.2. The molecule has 22 heavy (non-hydrogen) atoms. The van der Waals surface area contributed by atoms with Crippen molar-refractivity contribution in [2.75, 3.05) is 0 Å². The lowest BCUT2D eigenvalue weighted by Crippen LogP contribution is -1.95. The Morgan fingerprint density at radius 3 is 2.27 bits per heavy atom. The molecule has 0 N–H and O–H groups in total. The summed E-state index contributed by atoms with van der Waals surface area (Å²) in [6.07, 6.45) is 0. The highest BCUT2D eigenvalue weighted by molar-refractivity contribution is 9.10. The van der Waals surface area contributed by atoms with Crippen LogP contribution in [0.1, 0.15) is 5.56 Å². The van der Waals surface area contributed by atoms with Gasteiger partial charge in [-0.15, -0.1) is 0 Å². The van der Waals surface area contributed by atoms with Gasteiger partial charge in [-0.25, -0.2) is 0 Å². The number of para-hydroxylation sites is 1. The van der Waals surface area contributed by atoms with Gasteiger partial charge in [-0.1, -0.05) is 48.5 Å². The number of hydrogen-bond acceptors (Lipinski definition) is 2. The molecular formula is C19H15BrO2. The number of benzene rings is 3. The summed E-state index contributed by atoms with van der Waals surface area (Å²) in [6, 6.07) is 25.5. The molecule has 0 aliphatic rings. The third-order valence-electron chi connectivity index (χ3n) is 3.12. The average Bonchev–Trinajstić information content (AvgIpc) is 2.57. The molecule has 0 aliphatic heterocycles. The van der Waals surface area contributed by atoms with E-state index >= 15 is 0 Å². The third kappa shape index (κ3) is 3.89. The molecule has 3 aromatic carbocycles. The van der Waals surface area contributed by atoms with E-state index in [-0.39, 0.29) is 0 Å². The van der Waals surface area contributed by atoms with Gasteiger partial charge in [0.25, 0.3) is 0 Å². The molecule has 3 heteroatoms. The van der Waals surface area contributed by atoms with Gasteiger partial charge < -0.3 is 9.47 Å². The highest BCUT2D eigenvalue weighted by Crippen LogP contribution is 2.30. The van der Waals surface area contributed by atoms with Gasteiger partial charge in [0.15, 0.2) is 0 Å². The maximum absolute atomic E-state index is 5.87. The van der Waals surface area contributed by atoms with Crippen molar-refractivity contribution < 1.29 is 9.47 Å². The SMILES string of the molecule is Brc1ccccc1Oc1cccc(OCc2ccccc2)c1. The van der Waals surface area contributed by atoms with Crippen molar-refractivity contribution in [2.24, 2.45) is 0 Å². The van der Waals surface area contributed by atoms with Crippen molar-refractivity contribution in [3.63, 3.8) is 0 Å². The van der Waals surface area contributed by atoms with Gasteiger partial charge in [-0.05, 0) is 45.8 Å². The predicted molar refractivity (Wildman–Crippen MR) is 91.4 cm³/mol. The van der Waals surface area contributed by atoms with Gasteiger partial charge in [-0.2, -0.15) is 0 Å². The third-order valence-corrected chi connectivity index (χ3v) is 3.77. The fourth-order valence-electron chi connectivity index (χ4n) is 2.02. The van der Waals surface area contributed by atoms with E-state index in [1.807, 2.05) is 78.9 Å². The first-order valence-corrected chi connectivity index (χ1v) is 7.80. The largest absolute Gasteiger partial charge is 0.489 e. The van der Waals surface area contributed by atoms with Crippen LogP contribution in [0.2, 0.25) is 0 Å². The molecule has 0 unspecified atom stereocenters. The molecule has 0 fully saturated rings. The average molecular weight is 355 g/mol. The molecular weight excluding hydrogens is 340 g/mol. The summed E-state index contributed by atoms with van der Waals surface area (Å²) in [6.45, 7) is 0.541. The number of ether oxygens (including phenoxy) is 2. The van der Waals surface area contributed by atoms with Crippen LogP contribution in [0.3, 0.4) is 0 Å². The molecule has 0 radical (unpaired) electrons. The summed E-state index contributed by atoms with van der Waals surface area (Å²) in [7, 11) is 0. The van der Waals surface area contributed by atoms with E-state index in [1.165, 1.54) is 0 Å². The van der Waals surface area contributed by atoms with Gasteiger partial charge in [0.1, 0.15) is 23.9 Å². The lowest BCUT2D eigenvalue weighted by atomic mass is 10.2. The molecule has 0 spiro atoms. The van der Waals surface area contributed by atoms with Crippen LogP contribution in [0.5, 0.6) is 17.2 Å². The smallest absolute Gasteiger partial charge is 0.141 e. The molecule has 0 aromatic heterocycles. The van der Waals surface area contributed by atoms with Crippen molar-refractivity contribution in [1.82, 2.24) is 0 Å². The summed E-state index contributed by atoms with van der Waals surface area (Å²) < 4.78 is 12.6. The molecule has 0 saturated heterocycles. The molecule has 3 aromatic rings. The van der Waals surface area contributed by atoms with Gasteiger partial charge in [0, 0.05) is 6.07 Å². The number of halogens is 1. The van der Waals surface area contributed by atoms with E-state index in [9.17, 15) is 0 Å². The Morgan fingerprint density at radius 1 is 0.727 bits per heavy atom. The molecule has 110 valence electrons. The molecule has 0 bridgehead atoms. The first-order chi connectivity index (χ1) is 10.8. The van der Waals surface area contributed by atoms with Gasteiger partial charge >= 0.3 is 0 Å². The van der Waals surface area contributed by atoms with Crippen LogP contribution in [0, 0.1) is 0 Å². The van der Waals surface area contributed by atoms with E-state index in [1.54, 1.807) is 0 Å². The lowest BCUT2D eigenvalue weighted by molar-refractivity contribution is 0.304. The Balaban J connectivity index is 1.69. The van der Waals surface area contributed by atoms with Crippen molar-refractivity contribution >= 4 is 15.9 Å². The van der Waals surface area contributed by atoms with Crippen LogP contribution in [-0.2, 0) is 6.61 Å². The van der Waals surface area contributed by atoms with Gasteiger partial charge in [-0.3, -0.25) is 0 Å². The quantitative estimate of drug-likeness (QED) is 0.574. The Morgan fingerprint density at radius 2 is 1.45 bits per heavy atom. The van der Waals surface area contributed by atoms with E-state index in [2.05, 4.69) is 15.9 Å². The first kappa shape index (κ1) is 14.7. The van der Waals surface area contributed by atoms with E-state index in [4.69, 9.17) is 9.47 Å². The second-order valence-electron chi connectivity index (χ2n) is 4.78. The molecule has 0 aliphatic carbocycles. The van der Waals surface area contributed by atoms with Crippen LogP contribution in [0.15, 0.2) is 83.3 Å². The van der Waals surface area contributed by atoms with E-state index in [0.717, 1.165) is 27.3 Å². The van der Waals surface area contributed by atoms with Gasteiger partial charge in [0.2, 0.25) is 0 Å². The zero-order valence-electron chi connectivity index (χ0n) is 11.9. The van der Waals surface area contributed by atoms with Crippen LogP contribution >= 0.6 is 15.9 Å². The van der Waals surface area contributed by atoms with Gasteiger partial charge in [0.05, 0.1) is 4.47 Å². The summed E-state index contributed by atoms with van der Waals surface area (Å²) in [4.78, 5) is 0. The second-order valence-corrected chi connectivity index (χ2v) is 5.64. The predicted octanol–water partition coefficient (Wildman–Crippen LogP) is 5.82. The van der Waals surface area contributed by atoms with Crippen LogP contribution < -0.4 is 9.47 Å². The minimum atomic E-state index is 0.541. The molecule has 0 saturated carbocycles. The first-order valence-electron chi connectivity index (χ1n) is 7.00. The highest BCUT2D eigenvalue weighted by atomic mass is 79.9. The maximum Gasteiger partial charge on any atom is 0.141 e. The van der Waals surface area contributed by atoms with Crippen molar-refractivity contribution in [3.8, 4) is 17.2 Å². The van der Waals surface area contributed by atoms with Crippen molar-refractivity contribution in [2.45, 2.75) is 6.61 Å². The maximum atomic E-state index is 5.87. The monoisotopic (exact) mass is 354 g/mol. The summed E-state index contributed by atoms with van der Waals surface area (Å²) >= 11 is 3.48. The van der Waals surface area contributed by atoms with Crippen LogP contribution in [-0.4, -0.2) is 0 Å². The molecule has 2 nitrogen and oxygen atoms in total. The molecule has 0 atom stereocenters. The molecule has 0 amide bonds. The zero-order chi connectivity index (χ0) is 15.2. The molecule has 3 rings (SSSR count). The minimum absolute atomic E-state index is 0.541. The van der Waals surface area contributed by atoms with E-state index in [0.29, 0.717) is 6.61 Å². The standard InChI is InChI=1S/C19H15BrO2/c20-18-11-4-5-12-19(18)22-17-10-6-9-16(13-17)21-14-15-7-2-1-3-8-15/h1-13H,14H2. The molecule has 0 heterocycles. The van der Waals surface area contributed by atoms with Crippen molar-refractivity contribution in [3.05, 3.63) is 88.9 Å². The fourth-order valence-corrected chi connectivity index (χ4v) is 2.39. The van der Waals surface area contributed by atoms with Crippen molar-refractivity contribution in [1.29, 1.82) is 0 Å². The Kier molecular flexibility index (Phi) is 4.76. The summed E-state index contributed by atoms with van der Waals surface area (Å²) in [5.74, 6) is 2.31. The minimum Gasteiger partial charge on any atom is -0.489 e.